The van der Waals surface area contributed by atoms with Gasteiger partial charge in [-0.2, -0.15) is 5.10 Å². The number of nitrogens with one attached hydrogen (secondary N) is 2. The topological polar surface area (TPSA) is 67.0 Å². The highest BCUT2D eigenvalue weighted by molar-refractivity contribution is 5.83. The first-order valence-electron chi connectivity index (χ1n) is 6.53. The number of carbonyl (C=O) groups is 1. The van der Waals surface area contributed by atoms with Crippen molar-refractivity contribution in [2.45, 2.75) is 19.9 Å². The fourth-order valence-electron chi connectivity index (χ4n) is 2.37. The Morgan fingerprint density at radius 2 is 2.47 bits per heavy atom. The number of nitrogens with zero attached hydrogens (tertiary/aromatic N) is 1. The molecule has 5 nitrogen and oxygen atoms in total. The van der Waals surface area contributed by atoms with Gasteiger partial charge in [-0.1, -0.05) is 11.6 Å². The zero-order valence-electron chi connectivity index (χ0n) is 10.9. The summed E-state index contributed by atoms with van der Waals surface area (Å²) in [5.41, 5.74) is 3.07. The number of rotatable bonds is 3. The molecule has 1 atom stereocenters. The summed E-state index contributed by atoms with van der Waals surface area (Å²) >= 11 is 0. The zero-order valence-corrected chi connectivity index (χ0v) is 10.9. The molecular formula is C14H17N3O2. The molecule has 1 saturated heterocycles. The minimum absolute atomic E-state index is 0.00378. The third-order valence-corrected chi connectivity index (χ3v) is 3.53. The molecule has 0 bridgehead atoms. The van der Waals surface area contributed by atoms with Crippen LogP contribution in [0.4, 0.5) is 0 Å². The summed E-state index contributed by atoms with van der Waals surface area (Å²) in [7, 11) is 0. The fraction of sp³-hybridized carbons (Fsp3) is 0.429. The molecule has 1 aromatic carbocycles. The number of H-pyrrole nitrogens is 1. The quantitative estimate of drug-likeness (QED) is 0.878. The standard InChI is InChI=1S/C14H17N3O2/c1-9-2-3-12-11(6-9)13(17-16-12)7-15-14(18)10-4-5-19-8-10/h2-3,6,10H,4-5,7-8H2,1H3,(H,15,18)(H,16,17). The summed E-state index contributed by atoms with van der Waals surface area (Å²) in [4.78, 5) is 11.9. The molecule has 1 aromatic heterocycles. The lowest BCUT2D eigenvalue weighted by molar-refractivity contribution is -0.125. The van der Waals surface area contributed by atoms with Crippen molar-refractivity contribution in [1.29, 1.82) is 0 Å². The minimum Gasteiger partial charge on any atom is -0.381 e. The number of aromatic nitrogens is 2. The molecular weight excluding hydrogens is 242 g/mol. The van der Waals surface area contributed by atoms with Crippen LogP contribution in [-0.2, 0) is 16.1 Å². The highest BCUT2D eigenvalue weighted by Gasteiger charge is 2.23. The number of ether oxygens (including phenoxy) is 1. The maximum Gasteiger partial charge on any atom is 0.225 e. The average molecular weight is 259 g/mol. The maximum atomic E-state index is 11.9. The number of aromatic amines is 1. The number of fused-ring (bicyclic) bond motifs is 1. The Balaban J connectivity index is 1.71. The van der Waals surface area contributed by atoms with Gasteiger partial charge < -0.3 is 10.1 Å². The first-order chi connectivity index (χ1) is 9.24. The van der Waals surface area contributed by atoms with Crippen LogP contribution >= 0.6 is 0 Å². The van der Waals surface area contributed by atoms with Crippen LogP contribution in [0.25, 0.3) is 10.9 Å². The second-order valence-electron chi connectivity index (χ2n) is 5.00. The first-order valence-corrected chi connectivity index (χ1v) is 6.53. The summed E-state index contributed by atoms with van der Waals surface area (Å²) in [6.07, 6.45) is 0.814. The molecule has 0 radical (unpaired) electrons. The van der Waals surface area contributed by atoms with Gasteiger partial charge in [0, 0.05) is 12.0 Å². The molecule has 2 heterocycles. The molecule has 1 amide bonds. The van der Waals surface area contributed by atoms with Crippen molar-refractivity contribution in [3.8, 4) is 0 Å². The second kappa shape index (κ2) is 5.01. The van der Waals surface area contributed by atoms with E-state index in [4.69, 9.17) is 4.74 Å². The van der Waals surface area contributed by atoms with E-state index in [1.54, 1.807) is 0 Å². The molecule has 1 aliphatic rings. The number of benzene rings is 1. The predicted molar refractivity (Wildman–Crippen MR) is 71.6 cm³/mol. The molecule has 0 saturated carbocycles. The maximum absolute atomic E-state index is 11.9. The number of hydrogen-bond acceptors (Lipinski definition) is 3. The van der Waals surface area contributed by atoms with Crippen LogP contribution in [-0.4, -0.2) is 29.3 Å². The van der Waals surface area contributed by atoms with Gasteiger partial charge in [0.1, 0.15) is 0 Å². The number of amides is 1. The second-order valence-corrected chi connectivity index (χ2v) is 5.00. The summed E-state index contributed by atoms with van der Waals surface area (Å²) in [6, 6.07) is 6.09. The lowest BCUT2D eigenvalue weighted by Gasteiger charge is -2.08. The lowest BCUT2D eigenvalue weighted by Crippen LogP contribution is -2.30. The molecule has 0 aliphatic carbocycles. The van der Waals surface area contributed by atoms with Gasteiger partial charge in [0.05, 0.1) is 30.3 Å². The molecule has 5 heteroatoms. The van der Waals surface area contributed by atoms with Crippen LogP contribution in [0.1, 0.15) is 17.7 Å². The Morgan fingerprint density at radius 3 is 3.26 bits per heavy atom. The molecule has 100 valence electrons. The summed E-state index contributed by atoms with van der Waals surface area (Å²) in [5.74, 6) is 0.0591. The fourth-order valence-corrected chi connectivity index (χ4v) is 2.37. The van der Waals surface area contributed by atoms with E-state index in [-0.39, 0.29) is 11.8 Å². The molecule has 2 aromatic rings. The van der Waals surface area contributed by atoms with Gasteiger partial charge in [-0.3, -0.25) is 9.89 Å². The smallest absolute Gasteiger partial charge is 0.225 e. The van der Waals surface area contributed by atoms with Crippen LogP contribution in [0.3, 0.4) is 0 Å². The lowest BCUT2D eigenvalue weighted by atomic mass is 10.1. The number of aryl methyl sites for hydroxylation is 1. The Bertz CT molecular complexity index is 600. The monoisotopic (exact) mass is 259 g/mol. The Hall–Kier alpha value is -1.88. The molecule has 2 N–H and O–H groups in total. The van der Waals surface area contributed by atoms with Crippen molar-refractivity contribution >= 4 is 16.8 Å². The number of carbonyl (C=O) groups excluding carboxylic acids is 1. The van der Waals surface area contributed by atoms with Crippen molar-refractivity contribution in [3.05, 3.63) is 29.5 Å². The highest BCUT2D eigenvalue weighted by atomic mass is 16.5. The van der Waals surface area contributed by atoms with E-state index in [2.05, 4.69) is 21.6 Å². The van der Waals surface area contributed by atoms with E-state index in [1.165, 1.54) is 5.56 Å². The molecule has 1 aliphatic heterocycles. The molecule has 0 spiro atoms. The molecule has 19 heavy (non-hydrogen) atoms. The van der Waals surface area contributed by atoms with E-state index in [1.807, 2.05) is 19.1 Å². The summed E-state index contributed by atoms with van der Waals surface area (Å²) in [5, 5.41) is 11.2. The van der Waals surface area contributed by atoms with E-state index in [9.17, 15) is 4.79 Å². The van der Waals surface area contributed by atoms with Crippen LogP contribution in [0.15, 0.2) is 18.2 Å². The predicted octanol–water partition coefficient (Wildman–Crippen LogP) is 1.52. The highest BCUT2D eigenvalue weighted by Crippen LogP contribution is 2.18. The van der Waals surface area contributed by atoms with Crippen LogP contribution in [0.5, 0.6) is 0 Å². The van der Waals surface area contributed by atoms with Gasteiger partial charge in [-0.05, 0) is 25.5 Å². The Labute approximate surface area is 111 Å². The van der Waals surface area contributed by atoms with Crippen molar-refractivity contribution in [2.24, 2.45) is 5.92 Å². The van der Waals surface area contributed by atoms with E-state index < -0.39 is 0 Å². The van der Waals surface area contributed by atoms with Gasteiger partial charge in [-0.15, -0.1) is 0 Å². The van der Waals surface area contributed by atoms with Crippen molar-refractivity contribution in [3.63, 3.8) is 0 Å². The van der Waals surface area contributed by atoms with Gasteiger partial charge in [0.2, 0.25) is 5.91 Å². The van der Waals surface area contributed by atoms with E-state index in [0.29, 0.717) is 19.8 Å². The van der Waals surface area contributed by atoms with E-state index in [0.717, 1.165) is 23.0 Å². The zero-order chi connectivity index (χ0) is 13.2. The van der Waals surface area contributed by atoms with Crippen LogP contribution in [0.2, 0.25) is 0 Å². The van der Waals surface area contributed by atoms with Gasteiger partial charge in [0.15, 0.2) is 0 Å². The Kier molecular flexibility index (Phi) is 3.21. The SMILES string of the molecule is Cc1ccc2n[nH]c(CNC(=O)C3CCOC3)c2c1. The normalized spacial score (nSPS) is 18.9. The Morgan fingerprint density at radius 1 is 1.58 bits per heavy atom. The molecule has 1 unspecified atom stereocenters. The van der Waals surface area contributed by atoms with Gasteiger partial charge in [-0.25, -0.2) is 0 Å². The van der Waals surface area contributed by atoms with Crippen molar-refractivity contribution in [2.75, 3.05) is 13.2 Å². The number of hydrogen-bond donors (Lipinski definition) is 2. The molecule has 1 fully saturated rings. The largest absolute Gasteiger partial charge is 0.381 e. The summed E-state index contributed by atoms with van der Waals surface area (Å²) in [6.45, 7) is 3.75. The first kappa shape index (κ1) is 12.2. The third-order valence-electron chi connectivity index (χ3n) is 3.53. The van der Waals surface area contributed by atoms with Crippen molar-refractivity contribution < 1.29 is 9.53 Å². The third kappa shape index (κ3) is 2.46. The van der Waals surface area contributed by atoms with Crippen LogP contribution < -0.4 is 5.32 Å². The molecule has 3 rings (SSSR count). The minimum atomic E-state index is -0.00378. The van der Waals surface area contributed by atoms with Crippen LogP contribution in [0, 0.1) is 12.8 Å². The average Bonchev–Trinajstić information content (AvgIpc) is 3.05. The van der Waals surface area contributed by atoms with Crippen molar-refractivity contribution in [1.82, 2.24) is 15.5 Å². The van der Waals surface area contributed by atoms with Gasteiger partial charge in [0.25, 0.3) is 0 Å². The van der Waals surface area contributed by atoms with Gasteiger partial charge >= 0.3 is 0 Å². The van der Waals surface area contributed by atoms with E-state index >= 15 is 0 Å². The summed E-state index contributed by atoms with van der Waals surface area (Å²) < 4.78 is 5.22.